The fraction of sp³-hybridized carbons (Fsp3) is 0.267. The molecule has 7 heteroatoms. The highest BCUT2D eigenvalue weighted by Crippen LogP contribution is 2.15. The van der Waals surface area contributed by atoms with E-state index in [4.69, 9.17) is 5.73 Å². The molecular weight excluding hydrogens is 287 g/mol. The van der Waals surface area contributed by atoms with Crippen LogP contribution in [0.5, 0.6) is 0 Å². The monoisotopic (exact) mass is 304 g/mol. The number of primary amides is 1. The van der Waals surface area contributed by atoms with Crippen molar-refractivity contribution < 1.29 is 14.0 Å². The summed E-state index contributed by atoms with van der Waals surface area (Å²) in [6.45, 7) is 4.12. The predicted molar refractivity (Wildman–Crippen MR) is 80.0 cm³/mol. The number of benzene rings is 1. The number of halogens is 1. The number of amides is 2. The molecule has 0 saturated heterocycles. The van der Waals surface area contributed by atoms with Crippen molar-refractivity contribution in [2.45, 2.75) is 20.3 Å². The highest BCUT2D eigenvalue weighted by Gasteiger charge is 2.14. The van der Waals surface area contributed by atoms with Gasteiger partial charge in [0.05, 0.1) is 5.56 Å². The second-order valence-corrected chi connectivity index (χ2v) is 5.39. The van der Waals surface area contributed by atoms with Crippen molar-refractivity contribution in [2.24, 2.45) is 11.7 Å². The lowest BCUT2D eigenvalue weighted by Crippen LogP contribution is -2.15. The summed E-state index contributed by atoms with van der Waals surface area (Å²) in [4.78, 5) is 23.0. The van der Waals surface area contributed by atoms with Crippen LogP contribution in [0.25, 0.3) is 0 Å². The second-order valence-electron chi connectivity index (χ2n) is 5.39. The molecular formula is C15H17FN4O2. The molecule has 1 aromatic heterocycles. The Hall–Kier alpha value is -2.70. The molecule has 116 valence electrons. The van der Waals surface area contributed by atoms with Crippen LogP contribution in [0.1, 0.15) is 40.4 Å². The van der Waals surface area contributed by atoms with E-state index in [1.807, 2.05) is 0 Å². The van der Waals surface area contributed by atoms with Crippen molar-refractivity contribution >= 4 is 17.5 Å². The van der Waals surface area contributed by atoms with Gasteiger partial charge in [-0.2, -0.15) is 5.10 Å². The molecule has 0 unspecified atom stereocenters. The number of aromatic nitrogens is 2. The van der Waals surface area contributed by atoms with Crippen molar-refractivity contribution in [2.75, 3.05) is 5.32 Å². The summed E-state index contributed by atoms with van der Waals surface area (Å²) < 4.78 is 13.6. The number of carbonyl (C=O) groups excluding carboxylic acids is 2. The van der Waals surface area contributed by atoms with Crippen molar-refractivity contribution in [3.63, 3.8) is 0 Å². The van der Waals surface area contributed by atoms with E-state index in [1.54, 1.807) is 6.07 Å². The molecule has 1 heterocycles. The van der Waals surface area contributed by atoms with Gasteiger partial charge in [0.15, 0.2) is 5.69 Å². The lowest BCUT2D eigenvalue weighted by molar-refractivity contribution is 0.0994. The Morgan fingerprint density at radius 1 is 1.36 bits per heavy atom. The zero-order valence-corrected chi connectivity index (χ0v) is 12.3. The maximum Gasteiger partial charge on any atom is 0.276 e. The first-order chi connectivity index (χ1) is 10.4. The molecule has 6 nitrogen and oxygen atoms in total. The molecule has 22 heavy (non-hydrogen) atoms. The molecule has 4 N–H and O–H groups in total. The normalized spacial score (nSPS) is 10.7. The Labute approximate surface area is 126 Å². The van der Waals surface area contributed by atoms with E-state index in [9.17, 15) is 14.0 Å². The lowest BCUT2D eigenvalue weighted by atomic mass is 10.1. The molecule has 0 aliphatic rings. The molecule has 0 aliphatic heterocycles. The van der Waals surface area contributed by atoms with E-state index < -0.39 is 17.6 Å². The van der Waals surface area contributed by atoms with Crippen LogP contribution in [-0.2, 0) is 6.42 Å². The van der Waals surface area contributed by atoms with E-state index in [1.165, 1.54) is 12.1 Å². The van der Waals surface area contributed by atoms with Crippen LogP contribution in [-0.4, -0.2) is 22.0 Å². The topological polar surface area (TPSA) is 101 Å². The minimum atomic E-state index is -0.860. The highest BCUT2D eigenvalue weighted by molar-refractivity contribution is 6.03. The number of rotatable bonds is 5. The predicted octanol–water partition coefficient (Wildman–Crippen LogP) is 2.10. The average Bonchev–Trinajstić information content (AvgIpc) is 2.86. The van der Waals surface area contributed by atoms with E-state index in [0.717, 1.165) is 18.2 Å². The fourth-order valence-corrected chi connectivity index (χ4v) is 2.01. The number of H-pyrrole nitrogens is 1. The fourth-order valence-electron chi connectivity index (χ4n) is 2.01. The SMILES string of the molecule is CC(C)Cc1cc(C(=O)Nc2ccc(C(N)=O)c(F)c2)n[nH]1. The molecule has 0 fully saturated rings. The molecule has 2 rings (SSSR count). The van der Waals surface area contributed by atoms with Crippen LogP contribution < -0.4 is 11.1 Å². The first kappa shape index (κ1) is 15.7. The van der Waals surface area contributed by atoms with Crippen LogP contribution in [0, 0.1) is 11.7 Å². The summed E-state index contributed by atoms with van der Waals surface area (Å²) in [5.41, 5.74) is 6.09. The van der Waals surface area contributed by atoms with E-state index in [-0.39, 0.29) is 16.9 Å². The molecule has 0 spiro atoms. The van der Waals surface area contributed by atoms with Gasteiger partial charge in [0.1, 0.15) is 5.82 Å². The van der Waals surface area contributed by atoms with E-state index in [2.05, 4.69) is 29.4 Å². The molecule has 0 bridgehead atoms. The van der Waals surface area contributed by atoms with Crippen molar-refractivity contribution in [1.82, 2.24) is 10.2 Å². The number of nitrogens with one attached hydrogen (secondary N) is 2. The Kier molecular flexibility index (Phi) is 4.55. The maximum absolute atomic E-state index is 13.6. The third-order valence-electron chi connectivity index (χ3n) is 2.98. The molecule has 0 saturated carbocycles. The number of aromatic amines is 1. The molecule has 0 radical (unpaired) electrons. The minimum Gasteiger partial charge on any atom is -0.366 e. The summed E-state index contributed by atoms with van der Waals surface area (Å²) in [5, 5.41) is 9.24. The number of nitrogens with zero attached hydrogens (tertiary/aromatic N) is 1. The summed E-state index contributed by atoms with van der Waals surface area (Å²) in [5.74, 6) is -1.67. The number of nitrogens with two attached hydrogens (primary N) is 1. The largest absolute Gasteiger partial charge is 0.366 e. The zero-order chi connectivity index (χ0) is 16.3. The summed E-state index contributed by atoms with van der Waals surface area (Å²) >= 11 is 0. The third kappa shape index (κ3) is 3.69. The van der Waals surface area contributed by atoms with Gasteiger partial charge >= 0.3 is 0 Å². The summed E-state index contributed by atoms with van der Waals surface area (Å²) in [6.07, 6.45) is 0.780. The van der Waals surface area contributed by atoms with E-state index >= 15 is 0 Å². The Balaban J connectivity index is 2.10. The molecule has 0 aliphatic carbocycles. The smallest absolute Gasteiger partial charge is 0.276 e. The minimum absolute atomic E-state index is 0.218. The van der Waals surface area contributed by atoms with E-state index in [0.29, 0.717) is 5.92 Å². The Morgan fingerprint density at radius 3 is 2.68 bits per heavy atom. The second kappa shape index (κ2) is 6.38. The van der Waals surface area contributed by atoms with Gasteiger partial charge < -0.3 is 11.1 Å². The number of anilines is 1. The molecule has 1 aromatic carbocycles. The Morgan fingerprint density at radius 2 is 2.09 bits per heavy atom. The van der Waals surface area contributed by atoms with Gasteiger partial charge in [-0.05, 0) is 36.6 Å². The zero-order valence-electron chi connectivity index (χ0n) is 12.3. The third-order valence-corrected chi connectivity index (χ3v) is 2.98. The van der Waals surface area contributed by atoms with Gasteiger partial charge in [0.2, 0.25) is 0 Å². The van der Waals surface area contributed by atoms with Crippen LogP contribution in [0.3, 0.4) is 0 Å². The molecule has 0 atom stereocenters. The van der Waals surface area contributed by atoms with Gasteiger partial charge in [-0.15, -0.1) is 0 Å². The number of hydrogen-bond acceptors (Lipinski definition) is 3. The van der Waals surface area contributed by atoms with Crippen molar-refractivity contribution in [1.29, 1.82) is 0 Å². The van der Waals surface area contributed by atoms with Gasteiger partial charge in [-0.3, -0.25) is 14.7 Å². The van der Waals surface area contributed by atoms with Gasteiger partial charge in [-0.25, -0.2) is 4.39 Å². The lowest BCUT2D eigenvalue weighted by Gasteiger charge is -2.05. The van der Waals surface area contributed by atoms with Crippen LogP contribution in [0.4, 0.5) is 10.1 Å². The van der Waals surface area contributed by atoms with Gasteiger partial charge in [0.25, 0.3) is 11.8 Å². The van der Waals surface area contributed by atoms with Crippen LogP contribution >= 0.6 is 0 Å². The van der Waals surface area contributed by atoms with Gasteiger partial charge in [0, 0.05) is 11.4 Å². The maximum atomic E-state index is 13.6. The quantitative estimate of drug-likeness (QED) is 0.788. The summed E-state index contributed by atoms with van der Waals surface area (Å²) in [6, 6.07) is 5.33. The van der Waals surface area contributed by atoms with Crippen LogP contribution in [0.15, 0.2) is 24.3 Å². The van der Waals surface area contributed by atoms with Gasteiger partial charge in [-0.1, -0.05) is 13.8 Å². The number of carbonyl (C=O) groups is 2. The average molecular weight is 304 g/mol. The van der Waals surface area contributed by atoms with Crippen LogP contribution in [0.2, 0.25) is 0 Å². The molecule has 2 aromatic rings. The Bertz CT molecular complexity index is 709. The number of hydrogen-bond donors (Lipinski definition) is 3. The first-order valence-electron chi connectivity index (χ1n) is 6.82. The van der Waals surface area contributed by atoms with Crippen molar-refractivity contribution in [3.05, 3.63) is 47.0 Å². The first-order valence-corrected chi connectivity index (χ1v) is 6.82. The standard InChI is InChI=1S/C15H17FN4O2/c1-8(2)5-10-7-13(20-19-10)15(22)18-9-3-4-11(14(17)21)12(16)6-9/h3-4,6-8H,5H2,1-2H3,(H2,17,21)(H,18,22)(H,19,20). The molecule has 2 amide bonds. The highest BCUT2D eigenvalue weighted by atomic mass is 19.1. The van der Waals surface area contributed by atoms with Crippen molar-refractivity contribution in [3.8, 4) is 0 Å². The summed E-state index contributed by atoms with van der Waals surface area (Å²) in [7, 11) is 0.